The monoisotopic (exact) mass is 588 g/mol. The van der Waals surface area contributed by atoms with E-state index in [1.54, 1.807) is 0 Å². The number of rotatable bonds is 6. The van der Waals surface area contributed by atoms with Crippen molar-refractivity contribution >= 4 is 8.60 Å². The van der Waals surface area contributed by atoms with E-state index in [9.17, 15) is 0 Å². The number of hydrogen-bond donors (Lipinski definition) is 0. The normalized spacial score (nSPS) is 51.2. The molecule has 6 aliphatic carbocycles. The van der Waals surface area contributed by atoms with Crippen molar-refractivity contribution < 1.29 is 43.0 Å². The van der Waals surface area contributed by atoms with Crippen LogP contribution < -0.4 is 12.4 Å². The average Bonchev–Trinajstić information content (AvgIpc) is 3.38. The van der Waals surface area contributed by atoms with Crippen molar-refractivity contribution in [3.05, 3.63) is 0 Å². The predicted octanol–water partition coefficient (Wildman–Crippen LogP) is 5.91. The molecular weight excluding hydrogens is 538 g/mol. The fraction of sp³-hybridized carbons (Fsp3) is 1.00. The molecule has 6 aliphatic rings. The first-order valence-corrected chi connectivity index (χ1v) is 15.6. The van der Waals surface area contributed by atoms with Gasteiger partial charge in [0.2, 0.25) is 0 Å². The second kappa shape index (κ2) is 9.06. The van der Waals surface area contributed by atoms with Gasteiger partial charge in [-0.05, 0) is 108 Å². The Kier molecular flexibility index (Phi) is 7.57. The minimum atomic E-state index is -1.35. The molecule has 6 bridgehead atoms. The molecule has 0 N–H and O–H groups in total. The van der Waals surface area contributed by atoms with E-state index < -0.39 is 8.60 Å². The molecule has 36 heavy (non-hydrogen) atoms. The number of hydrogen-bond acceptors (Lipinski definition) is 3. The second-order valence-corrected chi connectivity index (χ2v) is 16.9. The Morgan fingerprint density at radius 3 is 0.917 bits per heavy atom. The first kappa shape index (κ1) is 30.1. The number of halogens is 1. The standard InChI is InChI=1S/C30H51O3P.ClH.Cu/c1-25(2)19-10-13-28(25,7)22(16-19)31-34(32-23-17-20-11-14-29(23,8)26(20,3)4)33-24-18-21-12-15-30(24,9)27(21,5)6;;/h19-24H,10-18H2,1-9H3;1H;/q;;+1/p-1. The molecule has 0 aromatic rings. The molecule has 6 saturated carbocycles. The summed E-state index contributed by atoms with van der Waals surface area (Å²) >= 11 is 0. The van der Waals surface area contributed by atoms with Crippen LogP contribution >= 0.6 is 8.60 Å². The molecular formula is C30H51ClCuO3P. The van der Waals surface area contributed by atoms with Crippen molar-refractivity contribution in [2.45, 2.75) is 138 Å². The summed E-state index contributed by atoms with van der Waals surface area (Å²) in [6.07, 6.45) is 12.3. The van der Waals surface area contributed by atoms with Gasteiger partial charge < -0.3 is 26.0 Å². The molecule has 0 radical (unpaired) electrons. The van der Waals surface area contributed by atoms with Gasteiger partial charge in [-0.1, -0.05) is 62.3 Å². The van der Waals surface area contributed by atoms with Crippen molar-refractivity contribution in [1.82, 2.24) is 0 Å². The van der Waals surface area contributed by atoms with Crippen LogP contribution in [-0.4, -0.2) is 18.3 Å². The largest absolute Gasteiger partial charge is 1.00 e. The number of fused-ring (bicyclic) bond motifs is 6. The van der Waals surface area contributed by atoms with Crippen molar-refractivity contribution in [3.8, 4) is 0 Å². The zero-order valence-corrected chi connectivity index (χ0v) is 26.8. The summed E-state index contributed by atoms with van der Waals surface area (Å²) in [7, 11) is -1.35. The summed E-state index contributed by atoms with van der Waals surface area (Å²) in [5.74, 6) is 2.33. The molecule has 0 saturated heterocycles. The SMILES string of the molecule is CC1(C)C2CCC1(C)C(OP(OC1CC3CCC1(C)C3(C)C)OC1CC3CCC1(C)C3(C)C)C2.[Cl-].[Cu+]. The molecule has 0 aromatic heterocycles. The van der Waals surface area contributed by atoms with Gasteiger partial charge in [0, 0.05) is 0 Å². The Labute approximate surface area is 239 Å². The minimum Gasteiger partial charge on any atom is -1.00 e. The van der Waals surface area contributed by atoms with Gasteiger partial charge in [-0.3, -0.25) is 0 Å². The quantitative estimate of drug-likeness (QED) is 0.285. The van der Waals surface area contributed by atoms with Crippen LogP contribution in [-0.2, 0) is 30.6 Å². The van der Waals surface area contributed by atoms with Gasteiger partial charge in [-0.2, -0.15) is 0 Å². The van der Waals surface area contributed by atoms with Crippen LogP contribution in [0.1, 0.15) is 120 Å². The third-order valence-electron chi connectivity index (χ3n) is 14.8. The smallest absolute Gasteiger partial charge is 1.00 e. The zero-order valence-electron chi connectivity index (χ0n) is 24.2. The fourth-order valence-corrected chi connectivity index (χ4v) is 12.0. The van der Waals surface area contributed by atoms with E-state index in [-0.39, 0.29) is 64.0 Å². The molecule has 0 spiro atoms. The van der Waals surface area contributed by atoms with E-state index >= 15 is 0 Å². The summed E-state index contributed by atoms with van der Waals surface area (Å²) in [6, 6.07) is 0. The van der Waals surface area contributed by atoms with Gasteiger partial charge in [0.1, 0.15) is 0 Å². The maximum Gasteiger partial charge on any atom is 1.00 e. The van der Waals surface area contributed by atoms with E-state index in [4.69, 9.17) is 13.6 Å². The molecule has 6 heteroatoms. The van der Waals surface area contributed by atoms with Gasteiger partial charge in [0.25, 0.3) is 0 Å². The van der Waals surface area contributed by atoms with Crippen LogP contribution in [0, 0.1) is 50.2 Å². The van der Waals surface area contributed by atoms with E-state index in [2.05, 4.69) is 62.3 Å². The summed E-state index contributed by atoms with van der Waals surface area (Å²) in [6.45, 7) is 22.4. The molecule has 0 amide bonds. The summed E-state index contributed by atoms with van der Waals surface area (Å²) in [5.41, 5.74) is 1.75. The van der Waals surface area contributed by atoms with E-state index in [0.29, 0.717) is 16.2 Å². The molecule has 0 aromatic carbocycles. The van der Waals surface area contributed by atoms with Crippen molar-refractivity contribution in [2.75, 3.05) is 0 Å². The first-order valence-electron chi connectivity index (χ1n) is 14.5. The summed E-state index contributed by atoms with van der Waals surface area (Å²) in [4.78, 5) is 0. The van der Waals surface area contributed by atoms with Crippen LogP contribution in [0.4, 0.5) is 0 Å². The maximum atomic E-state index is 7.07. The molecule has 9 atom stereocenters. The van der Waals surface area contributed by atoms with Crippen molar-refractivity contribution in [3.63, 3.8) is 0 Å². The third kappa shape index (κ3) is 3.63. The topological polar surface area (TPSA) is 27.7 Å². The molecule has 6 rings (SSSR count). The van der Waals surface area contributed by atoms with Gasteiger partial charge >= 0.3 is 25.7 Å². The Morgan fingerprint density at radius 2 is 0.750 bits per heavy atom. The van der Waals surface area contributed by atoms with Gasteiger partial charge in [-0.15, -0.1) is 0 Å². The van der Waals surface area contributed by atoms with E-state index in [0.717, 1.165) is 17.8 Å². The van der Waals surface area contributed by atoms with E-state index in [1.807, 2.05) is 0 Å². The summed E-state index contributed by atoms with van der Waals surface area (Å²) < 4.78 is 21.2. The predicted molar refractivity (Wildman–Crippen MR) is 139 cm³/mol. The van der Waals surface area contributed by atoms with Crippen LogP contribution in [0.15, 0.2) is 0 Å². The van der Waals surface area contributed by atoms with Crippen LogP contribution in [0.25, 0.3) is 0 Å². The zero-order chi connectivity index (χ0) is 24.5. The molecule has 3 nitrogen and oxygen atoms in total. The third-order valence-corrected chi connectivity index (χ3v) is 16.1. The average molecular weight is 590 g/mol. The Balaban J connectivity index is 0.00000152. The van der Waals surface area contributed by atoms with Crippen molar-refractivity contribution in [1.29, 1.82) is 0 Å². The van der Waals surface area contributed by atoms with Crippen molar-refractivity contribution in [2.24, 2.45) is 50.2 Å². The van der Waals surface area contributed by atoms with Gasteiger partial charge in [0.05, 0.1) is 18.3 Å². The van der Waals surface area contributed by atoms with Crippen LogP contribution in [0.3, 0.4) is 0 Å². The van der Waals surface area contributed by atoms with Gasteiger partial charge in [0.15, 0.2) is 0 Å². The Morgan fingerprint density at radius 1 is 0.500 bits per heavy atom. The Hall–Kier alpha value is 1.12. The van der Waals surface area contributed by atoms with Crippen LogP contribution in [0.5, 0.6) is 0 Å². The first-order chi connectivity index (χ1) is 15.7. The molecule has 0 heterocycles. The fourth-order valence-electron chi connectivity index (χ4n) is 10.3. The second-order valence-electron chi connectivity index (χ2n) is 15.8. The summed E-state index contributed by atoms with van der Waals surface area (Å²) in [5, 5.41) is 0. The van der Waals surface area contributed by atoms with Gasteiger partial charge in [-0.25, -0.2) is 0 Å². The molecule has 9 unspecified atom stereocenters. The Bertz CT molecular complexity index is 756. The minimum absolute atomic E-state index is 0. The van der Waals surface area contributed by atoms with Crippen LogP contribution in [0.2, 0.25) is 0 Å². The molecule has 212 valence electrons. The molecule has 6 fully saturated rings. The van der Waals surface area contributed by atoms with E-state index in [1.165, 1.54) is 57.8 Å². The maximum absolute atomic E-state index is 7.07. The molecule has 0 aliphatic heterocycles.